The highest BCUT2D eigenvalue weighted by atomic mass is 32.2. The van der Waals surface area contributed by atoms with Crippen LogP contribution in [0.25, 0.3) is 22.2 Å². The summed E-state index contributed by atoms with van der Waals surface area (Å²) in [5.74, 6) is -0.294. The second-order valence-electron chi connectivity index (χ2n) is 10.9. The Morgan fingerprint density at radius 1 is 1.05 bits per heavy atom. The number of benzene rings is 1. The van der Waals surface area contributed by atoms with Gasteiger partial charge >= 0.3 is 6.09 Å². The van der Waals surface area contributed by atoms with Crippen molar-refractivity contribution in [2.75, 3.05) is 13.1 Å². The number of fused-ring (bicyclic) bond motifs is 1. The molecule has 2 amide bonds. The number of likely N-dealkylation sites (tertiary alicyclic amines) is 1. The molecule has 1 fully saturated rings. The van der Waals surface area contributed by atoms with Crippen LogP contribution in [0.15, 0.2) is 78.1 Å². The van der Waals surface area contributed by atoms with Crippen molar-refractivity contribution in [1.29, 1.82) is 0 Å². The van der Waals surface area contributed by atoms with Gasteiger partial charge in [-0.2, -0.15) is 0 Å². The summed E-state index contributed by atoms with van der Waals surface area (Å²) < 4.78 is 34.5. The van der Waals surface area contributed by atoms with Crippen molar-refractivity contribution in [2.24, 2.45) is 0 Å². The molecule has 5 rings (SSSR count). The summed E-state index contributed by atoms with van der Waals surface area (Å²) in [4.78, 5) is 35.9. The van der Waals surface area contributed by atoms with Gasteiger partial charge in [0.1, 0.15) is 11.6 Å². The molecular weight excluding hydrogens is 542 g/mol. The molecule has 4 aromatic rings. The highest BCUT2D eigenvalue weighted by molar-refractivity contribution is 7.90. The fraction of sp³-hybridized carbons (Fsp3) is 0.333. The molecule has 0 aliphatic carbocycles. The second kappa shape index (κ2) is 11.3. The van der Waals surface area contributed by atoms with Crippen LogP contribution in [0.3, 0.4) is 0 Å². The first-order chi connectivity index (χ1) is 19.6. The Balaban J connectivity index is 1.44. The summed E-state index contributed by atoms with van der Waals surface area (Å²) in [6, 6.07) is 14.9. The second-order valence-corrected chi connectivity index (χ2v) is 12.7. The molecule has 0 spiro atoms. The van der Waals surface area contributed by atoms with Gasteiger partial charge in [-0.05, 0) is 81.1 Å². The lowest BCUT2D eigenvalue weighted by molar-refractivity contribution is -0.125. The van der Waals surface area contributed by atoms with Gasteiger partial charge in [0.2, 0.25) is 5.91 Å². The Kier molecular flexibility index (Phi) is 7.81. The van der Waals surface area contributed by atoms with Crippen LogP contribution in [0, 0.1) is 0 Å². The maximum Gasteiger partial charge on any atom is 0.410 e. The van der Waals surface area contributed by atoms with Crippen molar-refractivity contribution < 1.29 is 22.7 Å². The number of rotatable bonds is 7. The minimum atomic E-state index is -4.00. The molecule has 1 atom stereocenters. The van der Waals surface area contributed by atoms with Crippen molar-refractivity contribution in [2.45, 2.75) is 56.6 Å². The highest BCUT2D eigenvalue weighted by Gasteiger charge is 2.36. The number of hydrogen-bond donors (Lipinski definition) is 1. The number of amides is 2. The third-order valence-corrected chi connectivity index (χ3v) is 8.63. The van der Waals surface area contributed by atoms with Gasteiger partial charge < -0.3 is 10.1 Å². The Morgan fingerprint density at radius 2 is 1.78 bits per heavy atom. The van der Waals surface area contributed by atoms with E-state index in [-0.39, 0.29) is 23.8 Å². The van der Waals surface area contributed by atoms with Crippen molar-refractivity contribution >= 4 is 33.1 Å². The zero-order valence-corrected chi connectivity index (χ0v) is 24.1. The van der Waals surface area contributed by atoms with E-state index in [2.05, 4.69) is 15.3 Å². The molecule has 4 heterocycles. The number of ether oxygens (including phenoxy) is 1. The smallest absolute Gasteiger partial charge is 0.410 e. The predicted octanol–water partition coefficient (Wildman–Crippen LogP) is 4.39. The molecule has 1 aromatic carbocycles. The first-order valence-electron chi connectivity index (χ1n) is 13.5. The van der Waals surface area contributed by atoms with Gasteiger partial charge in [0.25, 0.3) is 10.0 Å². The summed E-state index contributed by atoms with van der Waals surface area (Å²) in [5.41, 5.74) is 1.82. The SMILES string of the molecule is CC(C)(C)OC(=O)N1CCC[C@H]1C(=O)NCCc1cc2c(-c3ccncc3)ccnc2n1S(=O)(=O)c1ccccc1. The Bertz CT molecular complexity index is 1660. The van der Waals surface area contributed by atoms with E-state index in [9.17, 15) is 18.0 Å². The maximum atomic E-state index is 13.9. The zero-order chi connectivity index (χ0) is 29.2. The lowest BCUT2D eigenvalue weighted by Gasteiger charge is -2.28. The van der Waals surface area contributed by atoms with Gasteiger partial charge in [0.05, 0.1) is 4.90 Å². The Morgan fingerprint density at radius 3 is 2.49 bits per heavy atom. The van der Waals surface area contributed by atoms with Gasteiger partial charge in [0, 0.05) is 49.2 Å². The minimum Gasteiger partial charge on any atom is -0.444 e. The van der Waals surface area contributed by atoms with Gasteiger partial charge in [-0.15, -0.1) is 0 Å². The molecule has 11 heteroatoms. The van der Waals surface area contributed by atoms with Crippen LogP contribution in [-0.4, -0.2) is 64.0 Å². The van der Waals surface area contributed by atoms with Crippen molar-refractivity contribution in [3.63, 3.8) is 0 Å². The lowest BCUT2D eigenvalue weighted by Crippen LogP contribution is -2.47. The van der Waals surface area contributed by atoms with Gasteiger partial charge in [-0.3, -0.25) is 14.7 Å². The number of aromatic nitrogens is 3. The third-order valence-electron chi connectivity index (χ3n) is 6.87. The molecule has 214 valence electrons. The largest absolute Gasteiger partial charge is 0.444 e. The molecule has 3 aromatic heterocycles. The van der Waals surface area contributed by atoms with Gasteiger partial charge in [-0.25, -0.2) is 22.2 Å². The van der Waals surface area contributed by atoms with E-state index in [1.54, 1.807) is 69.7 Å². The van der Waals surface area contributed by atoms with E-state index in [0.29, 0.717) is 36.1 Å². The van der Waals surface area contributed by atoms with Crippen LogP contribution in [0.4, 0.5) is 4.79 Å². The molecule has 1 N–H and O–H groups in total. The van der Waals surface area contributed by atoms with Crippen molar-refractivity contribution in [3.05, 3.63) is 78.9 Å². The van der Waals surface area contributed by atoms with E-state index in [1.807, 2.05) is 24.3 Å². The molecule has 0 bridgehead atoms. The Labute approximate surface area is 239 Å². The first-order valence-corrected chi connectivity index (χ1v) is 15.0. The molecule has 0 saturated carbocycles. The summed E-state index contributed by atoms with van der Waals surface area (Å²) >= 11 is 0. The number of pyridine rings is 2. The molecule has 41 heavy (non-hydrogen) atoms. The predicted molar refractivity (Wildman–Crippen MR) is 155 cm³/mol. The zero-order valence-electron chi connectivity index (χ0n) is 23.3. The summed E-state index contributed by atoms with van der Waals surface area (Å²) in [6.07, 6.45) is 5.89. The van der Waals surface area contributed by atoms with Crippen molar-refractivity contribution in [1.82, 2.24) is 24.2 Å². The van der Waals surface area contributed by atoms with E-state index in [0.717, 1.165) is 11.1 Å². The molecule has 1 saturated heterocycles. The Hall–Kier alpha value is -4.25. The van der Waals surface area contributed by atoms with Crippen LogP contribution in [0.1, 0.15) is 39.3 Å². The molecular formula is C30H33N5O5S. The van der Waals surface area contributed by atoms with Crippen LogP contribution in [0.2, 0.25) is 0 Å². The average molecular weight is 576 g/mol. The average Bonchev–Trinajstić information content (AvgIpc) is 3.59. The van der Waals surface area contributed by atoms with Gasteiger partial charge in [-0.1, -0.05) is 18.2 Å². The topological polar surface area (TPSA) is 123 Å². The molecule has 0 radical (unpaired) electrons. The molecule has 1 aliphatic heterocycles. The van der Waals surface area contributed by atoms with Crippen LogP contribution >= 0.6 is 0 Å². The molecule has 0 unspecified atom stereocenters. The summed E-state index contributed by atoms with van der Waals surface area (Å²) in [7, 11) is -4.00. The standard InChI is InChI=1S/C30H33N5O5S/c1-30(2,3)40-29(37)34-19-7-10-26(34)28(36)33-17-13-22-20-25-24(21-11-15-31-16-12-21)14-18-32-27(25)35(22)41(38,39)23-8-5-4-6-9-23/h4-6,8-9,11-12,14-16,18,20,26H,7,10,13,17,19H2,1-3H3,(H,33,36)/t26-/m0/s1. The number of nitrogens with zero attached hydrogens (tertiary/aromatic N) is 4. The van der Waals surface area contributed by atoms with Crippen molar-refractivity contribution in [3.8, 4) is 11.1 Å². The van der Waals surface area contributed by atoms with Crippen LogP contribution < -0.4 is 5.32 Å². The normalized spacial score (nSPS) is 15.7. The van der Waals surface area contributed by atoms with Gasteiger partial charge in [0.15, 0.2) is 5.65 Å². The number of carbonyl (C=O) groups excluding carboxylic acids is 2. The van der Waals surface area contributed by atoms with E-state index >= 15 is 0 Å². The number of nitrogens with one attached hydrogen (secondary N) is 1. The lowest BCUT2D eigenvalue weighted by atomic mass is 10.1. The number of hydrogen-bond acceptors (Lipinski definition) is 7. The summed E-state index contributed by atoms with van der Waals surface area (Å²) in [6.45, 7) is 5.97. The minimum absolute atomic E-state index is 0.137. The van der Waals surface area contributed by atoms with E-state index in [4.69, 9.17) is 4.74 Å². The third kappa shape index (κ3) is 5.95. The maximum absolute atomic E-state index is 13.9. The van der Waals surface area contributed by atoms with Crippen LogP contribution in [0.5, 0.6) is 0 Å². The van der Waals surface area contributed by atoms with Crippen LogP contribution in [-0.2, 0) is 26.0 Å². The van der Waals surface area contributed by atoms with E-state index in [1.165, 1.54) is 8.87 Å². The fourth-order valence-corrected chi connectivity index (χ4v) is 6.60. The summed E-state index contributed by atoms with van der Waals surface area (Å²) in [5, 5.41) is 3.58. The highest BCUT2D eigenvalue weighted by Crippen LogP contribution is 2.32. The van der Waals surface area contributed by atoms with E-state index < -0.39 is 27.8 Å². The monoisotopic (exact) mass is 575 g/mol. The molecule has 10 nitrogen and oxygen atoms in total. The first kappa shape index (κ1) is 28.3. The molecule has 1 aliphatic rings. The fourth-order valence-electron chi connectivity index (χ4n) is 5.06. The quantitative estimate of drug-likeness (QED) is 0.347. The number of carbonyl (C=O) groups is 2.